The van der Waals surface area contributed by atoms with Crippen LogP contribution >= 0.6 is 0 Å². The van der Waals surface area contributed by atoms with Gasteiger partial charge in [-0.25, -0.2) is 4.79 Å². The Kier molecular flexibility index (Phi) is 5.81. The summed E-state index contributed by atoms with van der Waals surface area (Å²) in [6.07, 6.45) is -3.45. The average molecular weight is 396 g/mol. The van der Waals surface area contributed by atoms with Crippen molar-refractivity contribution in [2.45, 2.75) is 13.1 Å². The molecule has 1 aliphatic rings. The highest BCUT2D eigenvalue weighted by Crippen LogP contribution is 2.31. The molecular weight excluding hydrogens is 377 g/mol. The van der Waals surface area contributed by atoms with Crippen molar-refractivity contribution in [1.29, 1.82) is 0 Å². The van der Waals surface area contributed by atoms with Crippen LogP contribution in [-0.2, 0) is 10.9 Å². The van der Waals surface area contributed by atoms with Crippen LogP contribution in [0.15, 0.2) is 30.5 Å². The predicted molar refractivity (Wildman–Crippen MR) is 95.4 cm³/mol. The third-order valence-corrected chi connectivity index (χ3v) is 4.10. The molecule has 0 radical (unpaired) electrons. The number of amides is 1. The van der Waals surface area contributed by atoms with Gasteiger partial charge in [0.2, 0.25) is 5.95 Å². The molecule has 8 nitrogen and oxygen atoms in total. The van der Waals surface area contributed by atoms with Crippen LogP contribution in [0.1, 0.15) is 12.5 Å². The highest BCUT2D eigenvalue weighted by atomic mass is 19.4. The van der Waals surface area contributed by atoms with Gasteiger partial charge in [0.05, 0.1) is 18.4 Å². The first-order valence-corrected chi connectivity index (χ1v) is 8.67. The summed E-state index contributed by atoms with van der Waals surface area (Å²) in [5, 5.41) is 10.7. The number of hydrogen-bond donors (Lipinski definition) is 1. The Balaban J connectivity index is 1.66. The normalized spacial score (nSPS) is 14.7. The van der Waals surface area contributed by atoms with Gasteiger partial charge in [-0.1, -0.05) is 6.07 Å². The van der Waals surface area contributed by atoms with E-state index in [0.717, 1.165) is 12.1 Å². The minimum atomic E-state index is -4.43. The molecule has 1 N–H and O–H groups in total. The molecule has 1 aromatic heterocycles. The van der Waals surface area contributed by atoms with Gasteiger partial charge in [0, 0.05) is 31.9 Å². The second-order valence-corrected chi connectivity index (χ2v) is 6.02. The number of ether oxygens (including phenoxy) is 1. The van der Waals surface area contributed by atoms with Gasteiger partial charge < -0.3 is 19.9 Å². The molecule has 0 unspecified atom stereocenters. The number of aromatic nitrogens is 3. The van der Waals surface area contributed by atoms with Gasteiger partial charge in [-0.15, -0.1) is 5.10 Å². The van der Waals surface area contributed by atoms with Gasteiger partial charge in [-0.3, -0.25) is 0 Å². The van der Waals surface area contributed by atoms with Crippen LogP contribution in [0.5, 0.6) is 0 Å². The summed E-state index contributed by atoms with van der Waals surface area (Å²) in [7, 11) is 0. The van der Waals surface area contributed by atoms with Gasteiger partial charge in [-0.05, 0) is 25.1 Å². The Labute approximate surface area is 159 Å². The number of nitrogens with zero attached hydrogens (tertiary/aromatic N) is 5. The molecule has 0 aliphatic carbocycles. The molecular formula is C17H19F3N6O2. The molecule has 1 aliphatic heterocycles. The third kappa shape index (κ3) is 4.78. The summed E-state index contributed by atoms with van der Waals surface area (Å²) >= 11 is 0. The van der Waals surface area contributed by atoms with Crippen LogP contribution in [-0.4, -0.2) is 59.0 Å². The number of piperazine rings is 1. The zero-order chi connectivity index (χ0) is 20.1. The summed E-state index contributed by atoms with van der Waals surface area (Å²) in [6, 6.07) is 4.82. The summed E-state index contributed by atoms with van der Waals surface area (Å²) in [4.78, 5) is 19.5. The monoisotopic (exact) mass is 396 g/mol. The Bertz CT molecular complexity index is 825. The van der Waals surface area contributed by atoms with Crippen LogP contribution in [0.3, 0.4) is 0 Å². The molecule has 1 fully saturated rings. The van der Waals surface area contributed by atoms with E-state index in [0.29, 0.717) is 38.7 Å². The minimum Gasteiger partial charge on any atom is -0.450 e. The maximum Gasteiger partial charge on any atom is 0.416 e. The lowest BCUT2D eigenvalue weighted by molar-refractivity contribution is -0.137. The van der Waals surface area contributed by atoms with Crippen LogP contribution in [0.4, 0.5) is 35.4 Å². The molecule has 1 aromatic carbocycles. The van der Waals surface area contributed by atoms with Crippen molar-refractivity contribution in [1.82, 2.24) is 20.1 Å². The molecule has 0 atom stereocenters. The van der Waals surface area contributed by atoms with E-state index in [-0.39, 0.29) is 17.6 Å². The molecule has 3 rings (SSSR count). The number of carbonyl (C=O) groups excluding carboxylic acids is 1. The molecule has 0 bridgehead atoms. The van der Waals surface area contributed by atoms with E-state index in [9.17, 15) is 18.0 Å². The molecule has 2 heterocycles. The second kappa shape index (κ2) is 8.28. The Hall–Kier alpha value is -3.11. The molecule has 11 heteroatoms. The fourth-order valence-corrected chi connectivity index (χ4v) is 2.71. The van der Waals surface area contributed by atoms with Gasteiger partial charge in [0.15, 0.2) is 5.82 Å². The molecule has 28 heavy (non-hydrogen) atoms. The van der Waals surface area contributed by atoms with Gasteiger partial charge in [0.25, 0.3) is 0 Å². The van der Waals surface area contributed by atoms with E-state index in [2.05, 4.69) is 20.5 Å². The number of nitrogens with one attached hydrogen (secondary N) is 1. The quantitative estimate of drug-likeness (QED) is 0.851. The summed E-state index contributed by atoms with van der Waals surface area (Å²) < 4.78 is 43.5. The van der Waals surface area contributed by atoms with Crippen molar-refractivity contribution in [2.24, 2.45) is 0 Å². The first-order valence-electron chi connectivity index (χ1n) is 8.67. The van der Waals surface area contributed by atoms with Crippen molar-refractivity contribution in [3.63, 3.8) is 0 Å². The first-order chi connectivity index (χ1) is 13.4. The number of benzene rings is 1. The van der Waals surface area contributed by atoms with Crippen LogP contribution < -0.4 is 10.2 Å². The maximum atomic E-state index is 12.8. The van der Waals surface area contributed by atoms with E-state index in [4.69, 9.17) is 4.74 Å². The van der Waals surface area contributed by atoms with E-state index < -0.39 is 11.7 Å². The Morgan fingerprint density at radius 3 is 2.68 bits per heavy atom. The lowest BCUT2D eigenvalue weighted by Crippen LogP contribution is -2.49. The average Bonchev–Trinajstić information content (AvgIpc) is 2.68. The molecule has 0 spiro atoms. The lowest BCUT2D eigenvalue weighted by Gasteiger charge is -2.33. The van der Waals surface area contributed by atoms with Gasteiger partial charge in [-0.2, -0.15) is 23.3 Å². The Morgan fingerprint density at radius 1 is 1.25 bits per heavy atom. The van der Waals surface area contributed by atoms with Crippen LogP contribution in [0.25, 0.3) is 0 Å². The van der Waals surface area contributed by atoms with Crippen molar-refractivity contribution in [3.8, 4) is 0 Å². The highest BCUT2D eigenvalue weighted by molar-refractivity contribution is 5.68. The number of anilines is 3. The zero-order valence-electron chi connectivity index (χ0n) is 15.1. The van der Waals surface area contributed by atoms with Crippen molar-refractivity contribution >= 4 is 23.5 Å². The number of rotatable bonds is 4. The molecule has 1 amide bonds. The number of halogens is 3. The summed E-state index contributed by atoms with van der Waals surface area (Å²) in [6.45, 7) is 3.95. The van der Waals surface area contributed by atoms with Gasteiger partial charge >= 0.3 is 12.3 Å². The van der Waals surface area contributed by atoms with E-state index in [1.54, 1.807) is 11.8 Å². The van der Waals surface area contributed by atoms with Crippen molar-refractivity contribution in [2.75, 3.05) is 43.0 Å². The summed E-state index contributed by atoms with van der Waals surface area (Å²) in [5.41, 5.74) is -0.511. The second-order valence-electron chi connectivity index (χ2n) is 6.02. The molecule has 2 aromatic rings. The highest BCUT2D eigenvalue weighted by Gasteiger charge is 2.30. The third-order valence-electron chi connectivity index (χ3n) is 4.10. The lowest BCUT2D eigenvalue weighted by atomic mass is 10.2. The zero-order valence-corrected chi connectivity index (χ0v) is 15.1. The number of alkyl halides is 3. The minimum absolute atomic E-state index is 0.244. The predicted octanol–water partition coefficient (Wildman–Crippen LogP) is 2.91. The Morgan fingerprint density at radius 2 is 2.00 bits per heavy atom. The van der Waals surface area contributed by atoms with E-state index >= 15 is 0 Å². The van der Waals surface area contributed by atoms with E-state index in [1.165, 1.54) is 18.3 Å². The first kappa shape index (κ1) is 19.6. The maximum absolute atomic E-state index is 12.8. The van der Waals surface area contributed by atoms with Crippen molar-refractivity contribution in [3.05, 3.63) is 36.0 Å². The molecule has 0 saturated carbocycles. The largest absolute Gasteiger partial charge is 0.450 e. The molecule has 150 valence electrons. The van der Waals surface area contributed by atoms with Crippen LogP contribution in [0.2, 0.25) is 0 Å². The fourth-order valence-electron chi connectivity index (χ4n) is 2.71. The van der Waals surface area contributed by atoms with Crippen LogP contribution in [0, 0.1) is 0 Å². The van der Waals surface area contributed by atoms with E-state index in [1.807, 2.05) is 4.90 Å². The summed E-state index contributed by atoms with van der Waals surface area (Å²) in [5.74, 6) is 0.609. The fraction of sp³-hybridized carbons (Fsp3) is 0.412. The topological polar surface area (TPSA) is 83.5 Å². The van der Waals surface area contributed by atoms with Gasteiger partial charge in [0.1, 0.15) is 0 Å². The SMILES string of the molecule is CCOC(=O)N1CCN(c2nncc(Nc3cccc(C(F)(F)F)c3)n2)CC1. The number of hydrogen-bond acceptors (Lipinski definition) is 7. The smallest absolute Gasteiger partial charge is 0.416 e. The molecule has 1 saturated heterocycles. The standard InChI is InChI=1S/C17H19F3N6O2/c1-2-28-16(27)26-8-6-25(7-9-26)15-23-14(11-21-24-15)22-13-5-3-4-12(10-13)17(18,19)20/h3-5,10-11H,2,6-9H2,1H3,(H,22,23,24). The number of carbonyl (C=O) groups is 1. The van der Waals surface area contributed by atoms with Crippen molar-refractivity contribution < 1.29 is 22.7 Å².